The summed E-state index contributed by atoms with van der Waals surface area (Å²) in [5.41, 5.74) is 0.681. The third kappa shape index (κ3) is 4.30. The monoisotopic (exact) mass is 469 g/mol. The number of esters is 1. The highest BCUT2D eigenvalue weighted by Crippen LogP contribution is 2.32. The van der Waals surface area contributed by atoms with Crippen LogP contribution in [0.5, 0.6) is 0 Å². The lowest BCUT2D eigenvalue weighted by Gasteiger charge is -2.17. The maximum atomic E-state index is 12.1. The van der Waals surface area contributed by atoms with Gasteiger partial charge in [-0.05, 0) is 34.0 Å². The Kier molecular flexibility index (Phi) is 6.68. The van der Waals surface area contributed by atoms with Crippen LogP contribution in [0.4, 0.5) is 5.69 Å². The van der Waals surface area contributed by atoms with Crippen molar-refractivity contribution in [2.75, 3.05) is 12.4 Å². The minimum Gasteiger partial charge on any atom is -0.465 e. The zero-order valence-corrected chi connectivity index (χ0v) is 15.9. The summed E-state index contributed by atoms with van der Waals surface area (Å²) in [6.07, 6.45) is 0. The van der Waals surface area contributed by atoms with Crippen LogP contribution in [0.25, 0.3) is 0 Å². The number of hydrogen-bond acceptors (Lipinski definition) is 3. The largest absolute Gasteiger partial charge is 0.465 e. The minimum absolute atomic E-state index is 0.130. The summed E-state index contributed by atoms with van der Waals surface area (Å²) in [6.45, 7) is 3.85. The fourth-order valence-corrected chi connectivity index (χ4v) is 2.91. The molecule has 0 radical (unpaired) electrons. The third-order valence-corrected chi connectivity index (χ3v) is 5.10. The van der Waals surface area contributed by atoms with Crippen LogP contribution in [0.1, 0.15) is 24.2 Å². The van der Waals surface area contributed by atoms with Gasteiger partial charge in [-0.15, -0.1) is 0 Å². The lowest BCUT2D eigenvalue weighted by Crippen LogP contribution is -2.28. The van der Waals surface area contributed by atoms with Crippen molar-refractivity contribution in [3.63, 3.8) is 0 Å². The number of amides is 1. The summed E-state index contributed by atoms with van der Waals surface area (Å²) in [5.74, 6) is -0.600. The van der Waals surface area contributed by atoms with Crippen molar-refractivity contribution in [2.45, 2.75) is 18.7 Å². The predicted octanol–water partition coefficient (Wildman–Crippen LogP) is 4.36. The summed E-state index contributed by atoms with van der Waals surface area (Å²) < 4.78 is 6.04. The second-order valence-electron chi connectivity index (χ2n) is 4.44. The van der Waals surface area contributed by atoms with Gasteiger partial charge in [0, 0.05) is 8.95 Å². The van der Waals surface area contributed by atoms with E-state index < -0.39 is 5.97 Å². The molecule has 4 nitrogen and oxygen atoms in total. The molecule has 110 valence electrons. The fourth-order valence-electron chi connectivity index (χ4n) is 1.47. The van der Waals surface area contributed by atoms with Gasteiger partial charge < -0.3 is 10.1 Å². The number of nitrogens with one attached hydrogen (secondary N) is 1. The van der Waals surface area contributed by atoms with E-state index in [4.69, 9.17) is 4.74 Å². The zero-order chi connectivity index (χ0) is 15.4. The van der Waals surface area contributed by atoms with Gasteiger partial charge in [-0.3, -0.25) is 4.79 Å². The maximum Gasteiger partial charge on any atom is 0.340 e. The van der Waals surface area contributed by atoms with Crippen LogP contribution in [0.2, 0.25) is 0 Å². The van der Waals surface area contributed by atoms with Gasteiger partial charge in [0.1, 0.15) is 0 Å². The first-order chi connectivity index (χ1) is 9.27. The van der Waals surface area contributed by atoms with Crippen LogP contribution in [0.15, 0.2) is 21.1 Å². The number of anilines is 1. The minimum atomic E-state index is -0.516. The number of carbonyl (C=O) groups excluding carboxylic acids is 2. The summed E-state index contributed by atoms with van der Waals surface area (Å²) in [7, 11) is 1.30. The Balaban J connectivity index is 3.17. The summed E-state index contributed by atoms with van der Waals surface area (Å²) in [4.78, 5) is 23.6. The number of halogens is 3. The van der Waals surface area contributed by atoms with Crippen molar-refractivity contribution in [1.29, 1.82) is 0 Å². The molecule has 0 heterocycles. The molecule has 0 fully saturated rings. The Hall–Kier alpha value is -0.400. The van der Waals surface area contributed by atoms with Gasteiger partial charge in [-0.25, -0.2) is 4.79 Å². The molecule has 0 aromatic heterocycles. The quantitative estimate of drug-likeness (QED) is 0.524. The Labute approximate surface area is 143 Å². The van der Waals surface area contributed by atoms with Gasteiger partial charge in [0.15, 0.2) is 0 Å². The van der Waals surface area contributed by atoms with Crippen molar-refractivity contribution in [3.8, 4) is 0 Å². The van der Waals surface area contributed by atoms with Crippen LogP contribution < -0.4 is 5.32 Å². The van der Waals surface area contributed by atoms with E-state index in [0.717, 1.165) is 0 Å². The molecular formula is C13H14Br3NO3. The first-order valence-electron chi connectivity index (χ1n) is 5.80. The highest BCUT2D eigenvalue weighted by molar-refractivity contribution is 9.11. The highest BCUT2D eigenvalue weighted by Gasteiger charge is 2.23. The third-order valence-electron chi connectivity index (χ3n) is 2.54. The molecule has 0 saturated carbocycles. The molecule has 0 spiro atoms. The molecule has 1 unspecified atom stereocenters. The molecule has 1 atom stereocenters. The van der Waals surface area contributed by atoms with E-state index in [1.165, 1.54) is 7.11 Å². The molecule has 0 bridgehead atoms. The zero-order valence-electron chi connectivity index (χ0n) is 11.2. The van der Waals surface area contributed by atoms with E-state index in [9.17, 15) is 9.59 Å². The van der Waals surface area contributed by atoms with Crippen molar-refractivity contribution < 1.29 is 14.3 Å². The lowest BCUT2D eigenvalue weighted by atomic mass is 10.1. The second-order valence-corrected chi connectivity index (χ2v) is 7.19. The number of hydrogen-bond donors (Lipinski definition) is 1. The van der Waals surface area contributed by atoms with Crippen molar-refractivity contribution >= 4 is 65.4 Å². The maximum absolute atomic E-state index is 12.1. The summed E-state index contributed by atoms with van der Waals surface area (Å²) in [6, 6.07) is 3.35. The van der Waals surface area contributed by atoms with E-state index in [1.54, 1.807) is 12.1 Å². The van der Waals surface area contributed by atoms with Crippen LogP contribution in [-0.2, 0) is 9.53 Å². The Morgan fingerprint density at radius 1 is 1.25 bits per heavy atom. The molecule has 1 N–H and O–H groups in total. The number of methoxy groups -OCH3 is 1. The molecule has 0 aliphatic carbocycles. The number of ether oxygens (including phenoxy) is 1. The Bertz CT molecular complexity index is 532. The number of rotatable bonds is 4. The normalized spacial score (nSPS) is 12.2. The van der Waals surface area contributed by atoms with Crippen molar-refractivity contribution in [3.05, 3.63) is 26.6 Å². The topological polar surface area (TPSA) is 55.4 Å². The molecule has 0 aliphatic rings. The fraction of sp³-hybridized carbons (Fsp3) is 0.385. The number of benzene rings is 1. The van der Waals surface area contributed by atoms with E-state index >= 15 is 0 Å². The van der Waals surface area contributed by atoms with Gasteiger partial charge in [0.2, 0.25) is 5.91 Å². The van der Waals surface area contributed by atoms with E-state index in [0.29, 0.717) is 14.6 Å². The Morgan fingerprint density at radius 3 is 2.35 bits per heavy atom. The first kappa shape index (κ1) is 17.7. The highest BCUT2D eigenvalue weighted by atomic mass is 79.9. The molecule has 1 rings (SSSR count). The summed E-state index contributed by atoms with van der Waals surface area (Å²) in [5, 5.41) is 2.75. The smallest absolute Gasteiger partial charge is 0.340 e. The van der Waals surface area contributed by atoms with Gasteiger partial charge in [0.05, 0.1) is 23.2 Å². The average Bonchev–Trinajstić information content (AvgIpc) is 2.39. The van der Waals surface area contributed by atoms with Gasteiger partial charge in [0.25, 0.3) is 0 Å². The Morgan fingerprint density at radius 2 is 1.85 bits per heavy atom. The number of carbonyl (C=O) groups is 2. The van der Waals surface area contributed by atoms with Crippen molar-refractivity contribution in [2.24, 2.45) is 5.92 Å². The predicted molar refractivity (Wildman–Crippen MR) is 89.4 cm³/mol. The van der Waals surface area contributed by atoms with Crippen LogP contribution in [0, 0.1) is 5.92 Å². The molecule has 1 amide bonds. The van der Waals surface area contributed by atoms with E-state index in [1.807, 2.05) is 13.8 Å². The van der Waals surface area contributed by atoms with Crippen LogP contribution in [-0.4, -0.2) is 23.8 Å². The van der Waals surface area contributed by atoms with Gasteiger partial charge in [-0.1, -0.05) is 45.7 Å². The van der Waals surface area contributed by atoms with Crippen LogP contribution >= 0.6 is 47.8 Å². The standard InChI is InChI=1S/C13H14Br3NO3/c1-6(2)10(16)12(18)17-11-8(13(19)20-3)4-7(14)5-9(11)15/h4-6,10H,1-3H3,(H,17,18). The molecule has 0 aliphatic heterocycles. The first-order valence-corrected chi connectivity index (χ1v) is 8.30. The molecule has 7 heteroatoms. The molecule has 1 aromatic rings. The second kappa shape index (κ2) is 7.56. The van der Waals surface area contributed by atoms with Gasteiger partial charge in [-0.2, -0.15) is 0 Å². The van der Waals surface area contributed by atoms with E-state index in [-0.39, 0.29) is 22.2 Å². The lowest BCUT2D eigenvalue weighted by molar-refractivity contribution is -0.116. The molecule has 1 aromatic carbocycles. The SMILES string of the molecule is COC(=O)c1cc(Br)cc(Br)c1NC(=O)C(Br)C(C)C. The van der Waals surface area contributed by atoms with Crippen molar-refractivity contribution in [1.82, 2.24) is 0 Å². The van der Waals surface area contributed by atoms with E-state index in [2.05, 4.69) is 53.1 Å². The molecule has 0 saturated heterocycles. The number of alkyl halides is 1. The molecule has 20 heavy (non-hydrogen) atoms. The average molecular weight is 472 g/mol. The summed E-state index contributed by atoms with van der Waals surface area (Å²) >= 11 is 9.98. The van der Waals surface area contributed by atoms with Gasteiger partial charge >= 0.3 is 5.97 Å². The molecular weight excluding hydrogens is 458 g/mol. The van der Waals surface area contributed by atoms with Crippen LogP contribution in [0.3, 0.4) is 0 Å².